The highest BCUT2D eigenvalue weighted by Crippen LogP contribution is 2.14. The lowest BCUT2D eigenvalue weighted by Crippen LogP contribution is -2.44. The SMILES string of the molecule is CN1CCN(Cc2nn(CC(F)F)cc2N)CC1. The van der Waals surface area contributed by atoms with E-state index in [1.165, 1.54) is 10.9 Å². The fourth-order valence-corrected chi connectivity index (χ4v) is 2.05. The molecule has 1 saturated heterocycles. The lowest BCUT2D eigenvalue weighted by molar-refractivity contribution is 0.120. The number of hydrogen-bond acceptors (Lipinski definition) is 4. The van der Waals surface area contributed by atoms with Crippen molar-refractivity contribution in [1.29, 1.82) is 0 Å². The van der Waals surface area contributed by atoms with Crippen LogP contribution in [0.1, 0.15) is 5.69 Å². The number of nitrogen functional groups attached to an aromatic ring is 1. The molecule has 1 fully saturated rings. The van der Waals surface area contributed by atoms with E-state index < -0.39 is 13.0 Å². The fraction of sp³-hybridized carbons (Fsp3) is 0.727. The van der Waals surface area contributed by atoms with E-state index in [0.717, 1.165) is 26.2 Å². The Morgan fingerprint density at radius 2 is 2.00 bits per heavy atom. The number of aromatic nitrogens is 2. The van der Waals surface area contributed by atoms with E-state index in [-0.39, 0.29) is 0 Å². The number of nitrogens with zero attached hydrogens (tertiary/aromatic N) is 4. The molecule has 0 atom stereocenters. The van der Waals surface area contributed by atoms with Crippen LogP contribution in [0.15, 0.2) is 6.20 Å². The van der Waals surface area contributed by atoms with Gasteiger partial charge in [-0.3, -0.25) is 9.58 Å². The molecule has 7 heteroatoms. The van der Waals surface area contributed by atoms with Gasteiger partial charge in [0.1, 0.15) is 6.54 Å². The third-order valence-electron chi connectivity index (χ3n) is 3.16. The molecule has 5 nitrogen and oxygen atoms in total. The summed E-state index contributed by atoms with van der Waals surface area (Å²) < 4.78 is 25.7. The summed E-state index contributed by atoms with van der Waals surface area (Å²) in [7, 11) is 2.09. The summed E-state index contributed by atoms with van der Waals surface area (Å²) in [5.74, 6) is 0. The monoisotopic (exact) mass is 259 g/mol. The van der Waals surface area contributed by atoms with E-state index in [1.807, 2.05) is 0 Å². The van der Waals surface area contributed by atoms with Gasteiger partial charge in [0.25, 0.3) is 6.43 Å². The summed E-state index contributed by atoms with van der Waals surface area (Å²) in [6.07, 6.45) is -0.918. The van der Waals surface area contributed by atoms with Crippen molar-refractivity contribution in [3.05, 3.63) is 11.9 Å². The Bertz CT molecular complexity index is 385. The Hall–Kier alpha value is -1.21. The van der Waals surface area contributed by atoms with Gasteiger partial charge in [-0.1, -0.05) is 0 Å². The first-order chi connectivity index (χ1) is 8.54. The maximum absolute atomic E-state index is 12.2. The smallest absolute Gasteiger partial charge is 0.257 e. The molecule has 0 amide bonds. The number of alkyl halides is 2. The van der Waals surface area contributed by atoms with Gasteiger partial charge in [-0.2, -0.15) is 5.10 Å². The molecule has 102 valence electrons. The minimum atomic E-state index is -2.40. The summed E-state index contributed by atoms with van der Waals surface area (Å²) in [6, 6.07) is 0. The topological polar surface area (TPSA) is 50.3 Å². The van der Waals surface area contributed by atoms with Gasteiger partial charge in [0.05, 0.1) is 11.4 Å². The van der Waals surface area contributed by atoms with Gasteiger partial charge >= 0.3 is 0 Å². The van der Waals surface area contributed by atoms with Crippen LogP contribution in [-0.2, 0) is 13.1 Å². The van der Waals surface area contributed by atoms with Crippen molar-refractivity contribution in [2.45, 2.75) is 19.5 Å². The normalized spacial score (nSPS) is 18.7. The van der Waals surface area contributed by atoms with Gasteiger partial charge in [-0.15, -0.1) is 0 Å². The third-order valence-corrected chi connectivity index (χ3v) is 3.16. The average Bonchev–Trinajstić information content (AvgIpc) is 2.61. The third kappa shape index (κ3) is 3.39. The number of piperazine rings is 1. The first-order valence-corrected chi connectivity index (χ1v) is 6.05. The van der Waals surface area contributed by atoms with Crippen LogP contribution in [0.5, 0.6) is 0 Å². The predicted molar refractivity (Wildman–Crippen MR) is 65.4 cm³/mol. The molecule has 2 heterocycles. The summed E-state index contributed by atoms with van der Waals surface area (Å²) >= 11 is 0. The molecule has 1 aliphatic heterocycles. The van der Waals surface area contributed by atoms with Crippen molar-refractivity contribution in [2.75, 3.05) is 39.0 Å². The van der Waals surface area contributed by atoms with E-state index in [9.17, 15) is 8.78 Å². The largest absolute Gasteiger partial charge is 0.396 e. The lowest BCUT2D eigenvalue weighted by Gasteiger charge is -2.31. The zero-order valence-electron chi connectivity index (χ0n) is 10.5. The highest BCUT2D eigenvalue weighted by Gasteiger charge is 2.17. The van der Waals surface area contributed by atoms with Gasteiger partial charge in [-0.05, 0) is 7.05 Å². The second-order valence-electron chi connectivity index (χ2n) is 4.72. The molecule has 18 heavy (non-hydrogen) atoms. The summed E-state index contributed by atoms with van der Waals surface area (Å²) in [5, 5.41) is 4.12. The first-order valence-electron chi connectivity index (χ1n) is 6.05. The standard InChI is InChI=1S/C11H19F2N5/c1-16-2-4-17(5-3-16)7-10-9(14)6-18(15-10)8-11(12)13/h6,11H,2-5,7-8,14H2,1H3. The highest BCUT2D eigenvalue weighted by molar-refractivity contribution is 5.40. The molecular weight excluding hydrogens is 240 g/mol. The molecule has 0 radical (unpaired) electrons. The van der Waals surface area contributed by atoms with Crippen molar-refractivity contribution < 1.29 is 8.78 Å². The van der Waals surface area contributed by atoms with E-state index in [1.54, 1.807) is 0 Å². The zero-order chi connectivity index (χ0) is 13.1. The van der Waals surface area contributed by atoms with Crippen LogP contribution in [0.25, 0.3) is 0 Å². The number of anilines is 1. The van der Waals surface area contributed by atoms with Crippen LogP contribution in [0.4, 0.5) is 14.5 Å². The lowest BCUT2D eigenvalue weighted by atomic mass is 10.3. The summed E-state index contributed by atoms with van der Waals surface area (Å²) in [4.78, 5) is 4.50. The van der Waals surface area contributed by atoms with Crippen molar-refractivity contribution in [2.24, 2.45) is 0 Å². The van der Waals surface area contributed by atoms with Crippen molar-refractivity contribution >= 4 is 5.69 Å². The van der Waals surface area contributed by atoms with Crippen LogP contribution < -0.4 is 5.73 Å². The Morgan fingerprint density at radius 3 is 2.61 bits per heavy atom. The quantitative estimate of drug-likeness (QED) is 0.854. The molecule has 0 spiro atoms. The average molecular weight is 259 g/mol. The van der Waals surface area contributed by atoms with Gasteiger partial charge in [0.2, 0.25) is 0 Å². The summed E-state index contributed by atoms with van der Waals surface area (Å²) in [5.41, 5.74) is 6.99. The zero-order valence-corrected chi connectivity index (χ0v) is 10.5. The molecule has 2 N–H and O–H groups in total. The number of rotatable bonds is 4. The molecule has 0 aromatic carbocycles. The van der Waals surface area contributed by atoms with E-state index in [4.69, 9.17) is 5.73 Å². The Morgan fingerprint density at radius 1 is 1.33 bits per heavy atom. The number of hydrogen-bond donors (Lipinski definition) is 1. The van der Waals surface area contributed by atoms with Crippen LogP contribution in [0.3, 0.4) is 0 Å². The van der Waals surface area contributed by atoms with Crippen LogP contribution in [0, 0.1) is 0 Å². The maximum atomic E-state index is 12.2. The first kappa shape index (κ1) is 13.2. The van der Waals surface area contributed by atoms with E-state index in [0.29, 0.717) is 17.9 Å². The number of halogens is 2. The molecule has 1 aliphatic rings. The van der Waals surface area contributed by atoms with Crippen LogP contribution >= 0.6 is 0 Å². The maximum Gasteiger partial charge on any atom is 0.257 e. The molecule has 2 rings (SSSR count). The summed E-state index contributed by atoms with van der Waals surface area (Å²) in [6.45, 7) is 4.17. The molecule has 1 aromatic rings. The van der Waals surface area contributed by atoms with Crippen LogP contribution in [-0.4, -0.2) is 59.2 Å². The van der Waals surface area contributed by atoms with Crippen molar-refractivity contribution in [3.63, 3.8) is 0 Å². The Labute approximate surface area is 105 Å². The van der Waals surface area contributed by atoms with E-state index >= 15 is 0 Å². The fourth-order valence-electron chi connectivity index (χ4n) is 2.05. The van der Waals surface area contributed by atoms with Crippen molar-refractivity contribution in [1.82, 2.24) is 19.6 Å². The highest BCUT2D eigenvalue weighted by atomic mass is 19.3. The number of likely N-dealkylation sites (N-methyl/N-ethyl adjacent to an activating group) is 1. The molecule has 0 aliphatic carbocycles. The minimum absolute atomic E-state index is 0.396. The predicted octanol–water partition coefficient (Wildman–Crippen LogP) is 0.478. The second-order valence-corrected chi connectivity index (χ2v) is 4.72. The van der Waals surface area contributed by atoms with Gasteiger partial charge in [0, 0.05) is 38.9 Å². The molecule has 1 aromatic heterocycles. The van der Waals surface area contributed by atoms with Gasteiger partial charge in [0.15, 0.2) is 0 Å². The van der Waals surface area contributed by atoms with Crippen molar-refractivity contribution in [3.8, 4) is 0 Å². The number of nitrogens with two attached hydrogens (primary N) is 1. The molecular formula is C11H19F2N5. The molecule has 0 saturated carbocycles. The second kappa shape index (κ2) is 5.62. The van der Waals surface area contributed by atoms with E-state index in [2.05, 4.69) is 21.9 Å². The Balaban J connectivity index is 1.94. The molecule has 0 unspecified atom stereocenters. The molecule has 0 bridgehead atoms. The van der Waals surface area contributed by atoms with Crippen LogP contribution in [0.2, 0.25) is 0 Å². The minimum Gasteiger partial charge on any atom is -0.396 e. The van der Waals surface area contributed by atoms with Gasteiger partial charge in [-0.25, -0.2) is 8.78 Å². The Kier molecular flexibility index (Phi) is 4.13. The van der Waals surface area contributed by atoms with Gasteiger partial charge < -0.3 is 10.6 Å².